The molecule has 8 heteroatoms. The smallest absolute Gasteiger partial charge is 0.325 e. The van der Waals surface area contributed by atoms with Crippen molar-refractivity contribution < 1.29 is 13.5 Å². The van der Waals surface area contributed by atoms with Crippen molar-refractivity contribution in [2.75, 3.05) is 6.61 Å². The first-order valence-corrected chi connectivity index (χ1v) is 9.49. The lowest BCUT2D eigenvalue weighted by Gasteiger charge is -2.14. The second-order valence-electron chi connectivity index (χ2n) is 7.25. The van der Waals surface area contributed by atoms with Crippen molar-refractivity contribution in [3.63, 3.8) is 0 Å². The summed E-state index contributed by atoms with van der Waals surface area (Å²) in [6, 6.07) is 7.41. The third kappa shape index (κ3) is 3.82. The molecule has 2 aromatic heterocycles. The zero-order valence-corrected chi connectivity index (χ0v) is 16.3. The Balaban J connectivity index is 1.75. The van der Waals surface area contributed by atoms with E-state index in [9.17, 15) is 13.6 Å². The topological polar surface area (TPSA) is 49.0 Å². The van der Waals surface area contributed by atoms with E-state index < -0.39 is 6.11 Å². The molecular weight excluding hydrogens is 388 g/mol. The highest BCUT2D eigenvalue weighted by Crippen LogP contribution is 2.41. The standard InChI is InChI=1S/C20H20ClF2N3O2/c1-20(22,23)28-8-7-26-17-10-13(14-9-15(21)19(27)25(2)11-14)5-6-16(17)24-18(26)12-3-4-12/h5-6,9-12H,3-4,7-8H2,1-2H3. The molecule has 1 aliphatic rings. The van der Waals surface area contributed by atoms with Gasteiger partial charge >= 0.3 is 6.11 Å². The Hall–Kier alpha value is -2.25. The highest BCUT2D eigenvalue weighted by atomic mass is 35.5. The Kier molecular flexibility index (Phi) is 4.75. The van der Waals surface area contributed by atoms with Crippen LogP contribution >= 0.6 is 11.6 Å². The third-order valence-corrected chi connectivity index (χ3v) is 5.13. The minimum Gasteiger partial charge on any atom is -0.325 e. The van der Waals surface area contributed by atoms with Crippen molar-refractivity contribution in [1.29, 1.82) is 0 Å². The molecule has 1 aromatic carbocycles. The summed E-state index contributed by atoms with van der Waals surface area (Å²) in [5.74, 6) is 1.28. The van der Waals surface area contributed by atoms with Gasteiger partial charge in [-0.3, -0.25) is 4.79 Å². The van der Waals surface area contributed by atoms with Gasteiger partial charge in [0.25, 0.3) is 5.56 Å². The zero-order chi connectivity index (χ0) is 20.1. The number of halogens is 3. The first-order valence-electron chi connectivity index (χ1n) is 9.11. The molecule has 0 bridgehead atoms. The monoisotopic (exact) mass is 407 g/mol. The number of fused-ring (bicyclic) bond motifs is 1. The molecule has 1 aliphatic carbocycles. The Morgan fingerprint density at radius 3 is 2.68 bits per heavy atom. The quantitative estimate of drug-likeness (QED) is 0.601. The number of aryl methyl sites for hydroxylation is 1. The third-order valence-electron chi connectivity index (χ3n) is 4.86. The molecular formula is C20H20ClF2N3O2. The van der Waals surface area contributed by atoms with E-state index in [-0.39, 0.29) is 17.2 Å². The van der Waals surface area contributed by atoms with Crippen LogP contribution in [0.3, 0.4) is 0 Å². The molecule has 0 saturated heterocycles. The van der Waals surface area contributed by atoms with Crippen LogP contribution in [-0.2, 0) is 18.3 Å². The molecule has 0 aliphatic heterocycles. The fraction of sp³-hybridized carbons (Fsp3) is 0.400. The minimum absolute atomic E-state index is 0.107. The summed E-state index contributed by atoms with van der Waals surface area (Å²) in [6.07, 6.45) is 0.667. The zero-order valence-electron chi connectivity index (χ0n) is 15.6. The minimum atomic E-state index is -3.16. The van der Waals surface area contributed by atoms with Crippen LogP contribution in [0.15, 0.2) is 35.3 Å². The van der Waals surface area contributed by atoms with Crippen LogP contribution in [0.2, 0.25) is 5.02 Å². The largest absolute Gasteiger partial charge is 0.352 e. The van der Waals surface area contributed by atoms with Crippen molar-refractivity contribution in [2.24, 2.45) is 7.05 Å². The van der Waals surface area contributed by atoms with Gasteiger partial charge in [-0.2, -0.15) is 8.78 Å². The lowest BCUT2D eigenvalue weighted by atomic mass is 10.1. The van der Waals surface area contributed by atoms with E-state index in [1.807, 2.05) is 22.8 Å². The highest BCUT2D eigenvalue weighted by Gasteiger charge is 2.30. The molecule has 3 aromatic rings. The van der Waals surface area contributed by atoms with Crippen LogP contribution in [0.1, 0.15) is 31.5 Å². The predicted molar refractivity (Wildman–Crippen MR) is 104 cm³/mol. The van der Waals surface area contributed by atoms with E-state index in [4.69, 9.17) is 16.6 Å². The number of rotatable bonds is 6. The van der Waals surface area contributed by atoms with E-state index in [1.165, 1.54) is 4.57 Å². The maximum absolute atomic E-state index is 13.0. The number of alkyl halides is 2. The van der Waals surface area contributed by atoms with E-state index in [0.29, 0.717) is 12.5 Å². The van der Waals surface area contributed by atoms with Crippen LogP contribution in [0, 0.1) is 0 Å². The molecule has 4 rings (SSSR count). The summed E-state index contributed by atoms with van der Waals surface area (Å²) in [5.41, 5.74) is 3.07. The number of ether oxygens (including phenoxy) is 1. The average Bonchev–Trinajstić information content (AvgIpc) is 3.40. The first kappa shape index (κ1) is 19.1. The summed E-state index contributed by atoms with van der Waals surface area (Å²) >= 11 is 6.05. The number of nitrogens with zero attached hydrogens (tertiary/aromatic N) is 3. The van der Waals surface area contributed by atoms with Gasteiger partial charge in [0.2, 0.25) is 0 Å². The fourth-order valence-electron chi connectivity index (χ4n) is 3.35. The average molecular weight is 408 g/mol. The van der Waals surface area contributed by atoms with E-state index >= 15 is 0 Å². The second-order valence-corrected chi connectivity index (χ2v) is 7.66. The van der Waals surface area contributed by atoms with E-state index in [0.717, 1.165) is 47.8 Å². The van der Waals surface area contributed by atoms with Crippen LogP contribution < -0.4 is 5.56 Å². The summed E-state index contributed by atoms with van der Waals surface area (Å²) < 4.78 is 34.1. The molecule has 5 nitrogen and oxygen atoms in total. The summed E-state index contributed by atoms with van der Waals surface area (Å²) in [7, 11) is 1.65. The number of aromatic nitrogens is 3. The molecule has 0 N–H and O–H groups in total. The predicted octanol–water partition coefficient (Wildman–Crippen LogP) is 4.56. The number of pyridine rings is 1. The summed E-state index contributed by atoms with van der Waals surface area (Å²) in [4.78, 5) is 16.6. The number of benzene rings is 1. The molecule has 2 heterocycles. The molecule has 0 unspecified atom stereocenters. The molecule has 1 saturated carbocycles. The maximum atomic E-state index is 13.0. The van der Waals surface area contributed by atoms with Crippen LogP contribution in [0.4, 0.5) is 8.78 Å². The highest BCUT2D eigenvalue weighted by molar-refractivity contribution is 6.30. The fourth-order valence-corrected chi connectivity index (χ4v) is 3.61. The van der Waals surface area contributed by atoms with Gasteiger partial charge in [0.05, 0.1) is 17.6 Å². The molecule has 28 heavy (non-hydrogen) atoms. The molecule has 0 atom stereocenters. The van der Waals surface area contributed by atoms with Crippen molar-refractivity contribution >= 4 is 22.6 Å². The number of hydrogen-bond donors (Lipinski definition) is 0. The van der Waals surface area contributed by atoms with Gasteiger partial charge in [-0.15, -0.1) is 0 Å². The van der Waals surface area contributed by atoms with Crippen LogP contribution in [-0.4, -0.2) is 26.8 Å². The van der Waals surface area contributed by atoms with Gasteiger partial charge in [0.15, 0.2) is 0 Å². The maximum Gasteiger partial charge on any atom is 0.352 e. The van der Waals surface area contributed by atoms with Gasteiger partial charge < -0.3 is 13.9 Å². The Bertz CT molecular complexity index is 1070. The second kappa shape index (κ2) is 6.97. The molecule has 0 amide bonds. The summed E-state index contributed by atoms with van der Waals surface area (Å²) in [5, 5.41) is 0.144. The SMILES string of the molecule is Cn1cc(-c2ccc3nc(C4CC4)n(CCOC(C)(F)F)c3c2)cc(Cl)c1=O. The molecule has 0 radical (unpaired) electrons. The summed E-state index contributed by atoms with van der Waals surface area (Å²) in [6.45, 7) is 0.927. The Morgan fingerprint density at radius 2 is 2.04 bits per heavy atom. The lowest BCUT2D eigenvalue weighted by Crippen LogP contribution is -2.19. The van der Waals surface area contributed by atoms with E-state index in [1.54, 1.807) is 19.3 Å². The Labute approximate surface area is 165 Å². The lowest BCUT2D eigenvalue weighted by molar-refractivity contribution is -0.225. The molecule has 1 fully saturated rings. The normalized spacial score (nSPS) is 14.8. The van der Waals surface area contributed by atoms with E-state index in [2.05, 4.69) is 4.74 Å². The van der Waals surface area contributed by atoms with Crippen LogP contribution in [0.5, 0.6) is 0 Å². The Morgan fingerprint density at radius 1 is 1.29 bits per heavy atom. The van der Waals surface area contributed by atoms with Gasteiger partial charge in [-0.05, 0) is 42.2 Å². The molecule has 0 spiro atoms. The first-order chi connectivity index (χ1) is 13.2. The van der Waals surface area contributed by atoms with Gasteiger partial charge in [-0.1, -0.05) is 17.7 Å². The van der Waals surface area contributed by atoms with Gasteiger partial charge in [0, 0.05) is 32.6 Å². The van der Waals surface area contributed by atoms with Gasteiger partial charge in [-0.25, -0.2) is 4.98 Å². The number of hydrogen-bond acceptors (Lipinski definition) is 3. The van der Waals surface area contributed by atoms with Crippen molar-refractivity contribution in [2.45, 2.75) is 38.3 Å². The molecule has 148 valence electrons. The number of imidazole rings is 1. The van der Waals surface area contributed by atoms with Crippen LogP contribution in [0.25, 0.3) is 22.2 Å². The van der Waals surface area contributed by atoms with Crippen molar-refractivity contribution in [3.8, 4) is 11.1 Å². The van der Waals surface area contributed by atoms with Crippen molar-refractivity contribution in [3.05, 3.63) is 51.7 Å². The van der Waals surface area contributed by atoms with Crippen molar-refractivity contribution in [1.82, 2.24) is 14.1 Å². The van der Waals surface area contributed by atoms with Gasteiger partial charge in [0.1, 0.15) is 10.8 Å².